The highest BCUT2D eigenvalue weighted by Gasteiger charge is 2.19. The first-order valence-corrected chi connectivity index (χ1v) is 11.1. The van der Waals surface area contributed by atoms with Gasteiger partial charge in [0.15, 0.2) is 0 Å². The van der Waals surface area contributed by atoms with Gasteiger partial charge in [0, 0.05) is 11.1 Å². The molecule has 3 aromatic rings. The van der Waals surface area contributed by atoms with Gasteiger partial charge in [-0.1, -0.05) is 104 Å². The summed E-state index contributed by atoms with van der Waals surface area (Å²) >= 11 is 0. The third-order valence-electron chi connectivity index (χ3n) is 3.86. The normalized spacial score (nSPS) is 10.3. The van der Waals surface area contributed by atoms with Crippen LogP contribution in [0.5, 0.6) is 0 Å². The molecule has 0 saturated heterocycles. The molecule has 1 aliphatic rings. The van der Waals surface area contributed by atoms with E-state index in [1.54, 1.807) is 0 Å². The molecular formula is C26H39N3. The lowest BCUT2D eigenvalue weighted by Crippen LogP contribution is -2.07. The number of para-hydroxylation sites is 1. The van der Waals surface area contributed by atoms with Crippen LogP contribution in [-0.4, -0.2) is 15.3 Å². The molecule has 1 aliphatic heterocycles. The summed E-state index contributed by atoms with van der Waals surface area (Å²) in [6, 6.07) is 18.8. The van der Waals surface area contributed by atoms with Gasteiger partial charge in [-0.05, 0) is 13.0 Å². The first kappa shape index (κ1) is 26.3. The van der Waals surface area contributed by atoms with Crippen LogP contribution >= 0.6 is 0 Å². The molecule has 158 valence electrons. The van der Waals surface area contributed by atoms with Gasteiger partial charge in [-0.25, -0.2) is 4.98 Å². The van der Waals surface area contributed by atoms with Crippen LogP contribution < -0.4 is 0 Å². The lowest BCUT2D eigenvalue weighted by Gasteiger charge is -2.12. The SMILES string of the molecule is CC.CC.CC.CC.Cc1ncc2n1-c1ccccc1C(c1ccccc1)=NC2. The van der Waals surface area contributed by atoms with Gasteiger partial charge >= 0.3 is 0 Å². The second kappa shape index (κ2) is 15.3. The molecule has 0 radical (unpaired) electrons. The van der Waals surface area contributed by atoms with Gasteiger partial charge in [0.25, 0.3) is 0 Å². The van der Waals surface area contributed by atoms with Crippen LogP contribution in [0, 0.1) is 6.92 Å². The van der Waals surface area contributed by atoms with Crippen LogP contribution in [0.25, 0.3) is 5.69 Å². The van der Waals surface area contributed by atoms with Crippen molar-refractivity contribution in [2.45, 2.75) is 68.9 Å². The molecular weight excluding hydrogens is 354 g/mol. The average Bonchev–Trinajstić information content (AvgIpc) is 3.11. The first-order valence-electron chi connectivity index (χ1n) is 11.1. The summed E-state index contributed by atoms with van der Waals surface area (Å²) in [7, 11) is 0. The van der Waals surface area contributed by atoms with Crippen molar-refractivity contribution in [2.75, 3.05) is 0 Å². The Morgan fingerprint density at radius 1 is 0.724 bits per heavy atom. The van der Waals surface area contributed by atoms with Crippen molar-refractivity contribution in [3.8, 4) is 5.69 Å². The molecule has 1 aromatic heterocycles. The summed E-state index contributed by atoms with van der Waals surface area (Å²) < 4.78 is 2.20. The van der Waals surface area contributed by atoms with Gasteiger partial charge in [-0.3, -0.25) is 9.56 Å². The van der Waals surface area contributed by atoms with Gasteiger partial charge in [0.1, 0.15) is 5.82 Å². The van der Waals surface area contributed by atoms with Crippen molar-refractivity contribution in [1.82, 2.24) is 9.55 Å². The molecule has 29 heavy (non-hydrogen) atoms. The highest BCUT2D eigenvalue weighted by atomic mass is 15.1. The fourth-order valence-corrected chi connectivity index (χ4v) is 2.89. The zero-order valence-corrected chi connectivity index (χ0v) is 19.8. The number of hydrogen-bond acceptors (Lipinski definition) is 2. The van der Waals surface area contributed by atoms with Crippen molar-refractivity contribution in [3.05, 3.63) is 83.4 Å². The van der Waals surface area contributed by atoms with Crippen LogP contribution in [0.2, 0.25) is 0 Å². The summed E-state index contributed by atoms with van der Waals surface area (Å²) in [5.41, 5.74) is 5.65. The number of imidazole rings is 1. The van der Waals surface area contributed by atoms with E-state index in [4.69, 9.17) is 4.99 Å². The standard InChI is InChI=1S/C18H15N3.4C2H6/c1-13-19-11-15-12-20-18(14-7-3-2-4-8-14)16-9-5-6-10-17(16)21(13)15;4*1-2/h2-11H,12H2,1H3;4*1-2H3. The van der Waals surface area contributed by atoms with Gasteiger partial charge in [0.05, 0.1) is 29.8 Å². The fraction of sp³-hybridized carbons (Fsp3) is 0.385. The second-order valence-electron chi connectivity index (χ2n) is 5.18. The monoisotopic (exact) mass is 393 g/mol. The van der Waals surface area contributed by atoms with E-state index in [1.165, 1.54) is 0 Å². The molecule has 0 fully saturated rings. The van der Waals surface area contributed by atoms with Crippen molar-refractivity contribution in [3.63, 3.8) is 0 Å². The van der Waals surface area contributed by atoms with Crippen LogP contribution in [-0.2, 0) is 6.54 Å². The Hall–Kier alpha value is -2.68. The fourth-order valence-electron chi connectivity index (χ4n) is 2.89. The smallest absolute Gasteiger partial charge is 0.110 e. The minimum Gasteiger partial charge on any atom is -0.298 e. The summed E-state index contributed by atoms with van der Waals surface area (Å²) in [6.07, 6.45) is 1.92. The summed E-state index contributed by atoms with van der Waals surface area (Å²) in [6.45, 7) is 18.7. The maximum atomic E-state index is 4.85. The van der Waals surface area contributed by atoms with E-state index in [0.29, 0.717) is 6.54 Å². The maximum Gasteiger partial charge on any atom is 0.110 e. The van der Waals surface area contributed by atoms with E-state index in [9.17, 15) is 0 Å². The van der Waals surface area contributed by atoms with E-state index in [1.807, 2.05) is 74.6 Å². The number of benzene rings is 2. The number of aryl methyl sites for hydroxylation is 1. The number of fused-ring (bicyclic) bond motifs is 3. The lowest BCUT2D eigenvalue weighted by atomic mass is 10.0. The van der Waals surface area contributed by atoms with E-state index >= 15 is 0 Å². The molecule has 3 heteroatoms. The Balaban J connectivity index is 0.000000881. The maximum absolute atomic E-state index is 4.85. The molecule has 4 rings (SSSR count). The first-order chi connectivity index (χ1) is 14.3. The minimum absolute atomic E-state index is 0.653. The summed E-state index contributed by atoms with van der Waals surface area (Å²) in [4.78, 5) is 9.28. The Kier molecular flexibility index (Phi) is 13.9. The summed E-state index contributed by atoms with van der Waals surface area (Å²) in [5.74, 6) is 1.00. The van der Waals surface area contributed by atoms with E-state index in [0.717, 1.165) is 34.0 Å². The predicted molar refractivity (Wildman–Crippen MR) is 129 cm³/mol. The predicted octanol–water partition coefficient (Wildman–Crippen LogP) is 7.64. The third-order valence-corrected chi connectivity index (χ3v) is 3.86. The van der Waals surface area contributed by atoms with Gasteiger partial charge in [-0.15, -0.1) is 0 Å². The zero-order chi connectivity index (χ0) is 22.2. The van der Waals surface area contributed by atoms with E-state index in [-0.39, 0.29) is 0 Å². The van der Waals surface area contributed by atoms with Crippen LogP contribution in [0.4, 0.5) is 0 Å². The highest BCUT2D eigenvalue weighted by molar-refractivity contribution is 6.15. The van der Waals surface area contributed by atoms with Crippen LogP contribution in [0.15, 0.2) is 65.8 Å². The largest absolute Gasteiger partial charge is 0.298 e. The molecule has 0 amide bonds. The van der Waals surface area contributed by atoms with E-state index in [2.05, 4.69) is 58.1 Å². The number of hydrogen-bond donors (Lipinski definition) is 0. The quantitative estimate of drug-likeness (QED) is 0.418. The Morgan fingerprint density at radius 2 is 1.28 bits per heavy atom. The minimum atomic E-state index is 0.653. The van der Waals surface area contributed by atoms with E-state index < -0.39 is 0 Å². The average molecular weight is 394 g/mol. The number of nitrogens with zero attached hydrogens (tertiary/aromatic N) is 3. The third kappa shape index (κ3) is 6.42. The molecule has 0 aliphatic carbocycles. The molecule has 3 nitrogen and oxygen atoms in total. The Bertz CT molecular complexity index is 830. The molecule has 2 heterocycles. The molecule has 2 aromatic carbocycles. The van der Waals surface area contributed by atoms with Crippen molar-refractivity contribution in [1.29, 1.82) is 0 Å². The van der Waals surface area contributed by atoms with Crippen molar-refractivity contribution in [2.24, 2.45) is 4.99 Å². The summed E-state index contributed by atoms with van der Waals surface area (Å²) in [5, 5.41) is 0. The van der Waals surface area contributed by atoms with Gasteiger partial charge < -0.3 is 0 Å². The number of aliphatic imine (C=N–C) groups is 1. The molecule has 0 unspecified atom stereocenters. The van der Waals surface area contributed by atoms with Gasteiger partial charge in [-0.2, -0.15) is 0 Å². The second-order valence-corrected chi connectivity index (χ2v) is 5.18. The van der Waals surface area contributed by atoms with Crippen LogP contribution in [0.1, 0.15) is 78.0 Å². The Labute approximate surface area is 178 Å². The highest BCUT2D eigenvalue weighted by Crippen LogP contribution is 2.26. The lowest BCUT2D eigenvalue weighted by molar-refractivity contribution is 0.889. The van der Waals surface area contributed by atoms with Crippen LogP contribution in [0.3, 0.4) is 0 Å². The molecule has 0 atom stereocenters. The topological polar surface area (TPSA) is 30.2 Å². The molecule has 0 spiro atoms. The molecule has 0 saturated carbocycles. The Morgan fingerprint density at radius 3 is 1.90 bits per heavy atom. The zero-order valence-electron chi connectivity index (χ0n) is 19.8. The molecule has 0 N–H and O–H groups in total. The molecule has 0 bridgehead atoms. The van der Waals surface area contributed by atoms with Crippen molar-refractivity contribution >= 4 is 5.71 Å². The number of aromatic nitrogens is 2. The van der Waals surface area contributed by atoms with Crippen molar-refractivity contribution < 1.29 is 0 Å². The van der Waals surface area contributed by atoms with Gasteiger partial charge in [0.2, 0.25) is 0 Å². The number of rotatable bonds is 1.